The van der Waals surface area contributed by atoms with E-state index in [-0.39, 0.29) is 41.2 Å². The molecule has 1 aromatic heterocycles. The summed E-state index contributed by atoms with van der Waals surface area (Å²) in [6, 6.07) is 9.44. The summed E-state index contributed by atoms with van der Waals surface area (Å²) in [5, 5.41) is 12.3. The Balaban J connectivity index is 1.84. The number of aliphatic hydroxyl groups is 1. The highest BCUT2D eigenvalue weighted by molar-refractivity contribution is 6.12. The van der Waals surface area contributed by atoms with Crippen LogP contribution in [0, 0.1) is 5.82 Å². The SMILES string of the molecule is COc1cc(NC(C(=O)c2c[nH]c3cc(OC)c(OC(F)(F)F)cc23)c2ccc(F)cc2OC)cc(OCCO)c1. The van der Waals surface area contributed by atoms with Gasteiger partial charge in [-0.15, -0.1) is 13.2 Å². The van der Waals surface area contributed by atoms with E-state index in [1.165, 1.54) is 39.7 Å². The van der Waals surface area contributed by atoms with Crippen molar-refractivity contribution in [1.82, 2.24) is 4.98 Å². The van der Waals surface area contributed by atoms with E-state index < -0.39 is 29.8 Å². The number of benzene rings is 3. The van der Waals surface area contributed by atoms with Crippen LogP contribution in [0.1, 0.15) is 22.0 Å². The molecule has 13 heteroatoms. The number of hydrogen-bond donors (Lipinski definition) is 3. The van der Waals surface area contributed by atoms with Gasteiger partial charge in [0, 0.05) is 58.7 Å². The number of H-pyrrole nitrogens is 1. The lowest BCUT2D eigenvalue weighted by molar-refractivity contribution is -0.275. The maximum atomic E-state index is 14.1. The number of anilines is 1. The van der Waals surface area contributed by atoms with Crippen LogP contribution >= 0.6 is 0 Å². The number of ketones is 1. The molecule has 4 rings (SSSR count). The summed E-state index contributed by atoms with van der Waals surface area (Å²) in [6.45, 7) is -0.235. The van der Waals surface area contributed by atoms with Gasteiger partial charge in [-0.2, -0.15) is 0 Å². The van der Waals surface area contributed by atoms with Crippen LogP contribution in [0.4, 0.5) is 23.2 Å². The second kappa shape index (κ2) is 12.3. The molecule has 0 amide bonds. The molecule has 0 aliphatic heterocycles. The minimum atomic E-state index is -5.00. The Hall–Kier alpha value is -4.65. The van der Waals surface area contributed by atoms with Crippen LogP contribution in [-0.4, -0.2) is 56.8 Å². The number of aromatic nitrogens is 1. The average molecular weight is 579 g/mol. The Labute approximate surface area is 231 Å². The van der Waals surface area contributed by atoms with Crippen molar-refractivity contribution >= 4 is 22.4 Å². The smallest absolute Gasteiger partial charge is 0.497 e. The van der Waals surface area contributed by atoms with Gasteiger partial charge in [0.15, 0.2) is 17.3 Å². The quantitative estimate of drug-likeness (QED) is 0.146. The predicted octanol–water partition coefficient (Wildman–Crippen LogP) is 5.64. The molecule has 0 radical (unpaired) electrons. The molecule has 0 bridgehead atoms. The molecule has 0 aliphatic rings. The largest absolute Gasteiger partial charge is 0.573 e. The number of carbonyl (C=O) groups excluding carboxylic acids is 1. The fraction of sp³-hybridized carbons (Fsp3) is 0.250. The monoisotopic (exact) mass is 578 g/mol. The fourth-order valence-corrected chi connectivity index (χ4v) is 4.25. The minimum Gasteiger partial charge on any atom is -0.497 e. The van der Waals surface area contributed by atoms with Crippen LogP contribution in [0.2, 0.25) is 0 Å². The molecule has 0 spiro atoms. The highest BCUT2D eigenvalue weighted by atomic mass is 19.4. The average Bonchev–Trinajstić information content (AvgIpc) is 3.35. The number of alkyl halides is 3. The molecular weight excluding hydrogens is 552 g/mol. The molecule has 1 unspecified atom stereocenters. The van der Waals surface area contributed by atoms with Crippen LogP contribution in [0.3, 0.4) is 0 Å². The van der Waals surface area contributed by atoms with E-state index in [1.807, 2.05) is 0 Å². The standard InChI is InChI=1S/C28H26F4N2O7/c1-37-17-9-16(10-18(11-17)40-7-6-35)34-26(19-5-4-15(29)8-23(19)38-2)27(36)21-14-33-22-13-24(39-3)25(12-20(21)22)41-28(30,31)32/h4-5,8-14,26,33-35H,6-7H2,1-3H3. The number of hydrogen-bond acceptors (Lipinski definition) is 8. The number of nitrogens with one attached hydrogen (secondary N) is 2. The van der Waals surface area contributed by atoms with E-state index in [4.69, 9.17) is 24.1 Å². The molecule has 41 heavy (non-hydrogen) atoms. The third-order valence-corrected chi connectivity index (χ3v) is 6.01. The Morgan fingerprint density at radius 3 is 2.34 bits per heavy atom. The molecular formula is C28H26F4N2O7. The Bertz CT molecular complexity index is 1540. The van der Waals surface area contributed by atoms with Crippen molar-refractivity contribution < 1.29 is 51.1 Å². The molecule has 0 aliphatic carbocycles. The highest BCUT2D eigenvalue weighted by Crippen LogP contribution is 2.39. The van der Waals surface area contributed by atoms with Crippen molar-refractivity contribution in [1.29, 1.82) is 0 Å². The number of fused-ring (bicyclic) bond motifs is 1. The summed E-state index contributed by atoms with van der Waals surface area (Å²) in [4.78, 5) is 17.0. The predicted molar refractivity (Wildman–Crippen MR) is 141 cm³/mol. The van der Waals surface area contributed by atoms with Gasteiger partial charge >= 0.3 is 6.36 Å². The third kappa shape index (κ3) is 6.74. The molecule has 0 fully saturated rings. The van der Waals surface area contributed by atoms with Crippen molar-refractivity contribution in [2.75, 3.05) is 39.9 Å². The third-order valence-electron chi connectivity index (χ3n) is 6.01. The molecule has 218 valence electrons. The van der Waals surface area contributed by atoms with Crippen molar-refractivity contribution in [2.24, 2.45) is 0 Å². The fourth-order valence-electron chi connectivity index (χ4n) is 4.25. The number of Topliss-reactive ketones (excluding diaryl/α,β-unsaturated/α-hetero) is 1. The first-order chi connectivity index (χ1) is 19.6. The number of methoxy groups -OCH3 is 3. The Kier molecular flexibility index (Phi) is 8.77. The molecule has 0 saturated carbocycles. The van der Waals surface area contributed by atoms with E-state index in [0.717, 1.165) is 18.2 Å². The summed E-state index contributed by atoms with van der Waals surface area (Å²) < 4.78 is 78.6. The number of halogens is 4. The first kappa shape index (κ1) is 29.3. The zero-order chi connectivity index (χ0) is 29.7. The summed E-state index contributed by atoms with van der Waals surface area (Å²) in [5.74, 6) is -1.28. The van der Waals surface area contributed by atoms with Gasteiger partial charge in [0.25, 0.3) is 0 Å². The second-order valence-corrected chi connectivity index (χ2v) is 8.60. The Morgan fingerprint density at radius 1 is 0.951 bits per heavy atom. The lowest BCUT2D eigenvalue weighted by atomic mass is 9.95. The lowest BCUT2D eigenvalue weighted by Crippen LogP contribution is -2.22. The van der Waals surface area contributed by atoms with Gasteiger partial charge in [0.2, 0.25) is 0 Å². The highest BCUT2D eigenvalue weighted by Gasteiger charge is 2.34. The van der Waals surface area contributed by atoms with Crippen molar-refractivity contribution in [3.8, 4) is 28.7 Å². The van der Waals surface area contributed by atoms with Gasteiger partial charge in [-0.3, -0.25) is 4.79 Å². The zero-order valence-corrected chi connectivity index (χ0v) is 22.1. The van der Waals surface area contributed by atoms with Crippen LogP contribution in [0.5, 0.6) is 28.7 Å². The van der Waals surface area contributed by atoms with Gasteiger partial charge in [-0.05, 0) is 18.2 Å². The number of carbonyl (C=O) groups is 1. The second-order valence-electron chi connectivity index (χ2n) is 8.60. The molecule has 1 atom stereocenters. The molecule has 1 heterocycles. The van der Waals surface area contributed by atoms with Gasteiger partial charge in [0.05, 0.1) is 33.5 Å². The van der Waals surface area contributed by atoms with E-state index >= 15 is 0 Å². The topological polar surface area (TPSA) is 111 Å². The van der Waals surface area contributed by atoms with Gasteiger partial charge in [-0.25, -0.2) is 4.39 Å². The maximum Gasteiger partial charge on any atom is 0.573 e. The number of aliphatic hydroxyl groups excluding tert-OH is 1. The summed E-state index contributed by atoms with van der Waals surface area (Å²) in [6.07, 6.45) is -3.66. The Morgan fingerprint density at radius 2 is 1.68 bits per heavy atom. The lowest BCUT2D eigenvalue weighted by Gasteiger charge is -2.22. The normalized spacial score (nSPS) is 12.1. The molecule has 0 saturated heterocycles. The van der Waals surface area contributed by atoms with E-state index in [9.17, 15) is 22.4 Å². The van der Waals surface area contributed by atoms with Gasteiger partial charge in [0.1, 0.15) is 35.7 Å². The number of aromatic amines is 1. The summed E-state index contributed by atoms with van der Waals surface area (Å²) >= 11 is 0. The molecule has 3 N–H and O–H groups in total. The van der Waals surface area contributed by atoms with Gasteiger partial charge in [-0.1, -0.05) is 0 Å². The summed E-state index contributed by atoms with van der Waals surface area (Å²) in [5.41, 5.74) is 0.919. The van der Waals surface area contributed by atoms with Crippen molar-refractivity contribution in [3.05, 3.63) is 71.7 Å². The molecule has 4 aromatic rings. The number of ether oxygens (including phenoxy) is 5. The summed E-state index contributed by atoms with van der Waals surface area (Å²) in [7, 11) is 3.93. The van der Waals surface area contributed by atoms with E-state index in [2.05, 4.69) is 15.0 Å². The van der Waals surface area contributed by atoms with Crippen LogP contribution in [0.25, 0.3) is 10.9 Å². The first-order valence-electron chi connectivity index (χ1n) is 12.1. The molecule has 9 nitrogen and oxygen atoms in total. The van der Waals surface area contributed by atoms with E-state index in [0.29, 0.717) is 22.7 Å². The van der Waals surface area contributed by atoms with Crippen molar-refractivity contribution in [3.63, 3.8) is 0 Å². The minimum absolute atomic E-state index is 0.00187. The molecule has 3 aromatic carbocycles. The van der Waals surface area contributed by atoms with Crippen LogP contribution < -0.4 is 29.0 Å². The zero-order valence-electron chi connectivity index (χ0n) is 22.1. The van der Waals surface area contributed by atoms with Crippen LogP contribution in [0.15, 0.2) is 54.7 Å². The van der Waals surface area contributed by atoms with Gasteiger partial charge < -0.3 is 39.1 Å². The maximum absolute atomic E-state index is 14.1. The van der Waals surface area contributed by atoms with Crippen LogP contribution in [-0.2, 0) is 0 Å². The number of rotatable bonds is 12. The van der Waals surface area contributed by atoms with Crippen molar-refractivity contribution in [2.45, 2.75) is 12.4 Å². The van der Waals surface area contributed by atoms with E-state index in [1.54, 1.807) is 18.2 Å². The first-order valence-corrected chi connectivity index (χ1v) is 12.1.